The van der Waals surface area contributed by atoms with Crippen molar-refractivity contribution in [3.05, 3.63) is 29.8 Å². The van der Waals surface area contributed by atoms with E-state index >= 15 is 0 Å². The second-order valence-corrected chi connectivity index (χ2v) is 3.37. The van der Waals surface area contributed by atoms with E-state index in [0.717, 1.165) is 11.3 Å². The number of hydrogen-bond donors (Lipinski definition) is 0. The summed E-state index contributed by atoms with van der Waals surface area (Å²) < 4.78 is 0. The zero-order valence-corrected chi connectivity index (χ0v) is 8.30. The number of hydrogen-bond acceptors (Lipinski definition) is 2. The molecule has 76 valence electrons. The number of benzene rings is 1. The molecule has 0 aromatic heterocycles. The molecule has 1 aliphatic heterocycles. The Morgan fingerprint density at radius 2 is 2.00 bits per heavy atom. The quantitative estimate of drug-likeness (QED) is 0.644. The summed E-state index contributed by atoms with van der Waals surface area (Å²) in [5, 5.41) is 0. The number of rotatable bonds is 1. The Balaban J connectivity index is 2.40. The van der Waals surface area contributed by atoms with Crippen LogP contribution >= 0.6 is 0 Å². The molecule has 15 heavy (non-hydrogen) atoms. The average molecular weight is 202 g/mol. The van der Waals surface area contributed by atoms with E-state index in [1.54, 1.807) is 0 Å². The topological polar surface area (TPSA) is 49.7 Å². The number of carbonyl (C=O) groups is 2. The Bertz CT molecular complexity index is 452. The van der Waals surface area contributed by atoms with Gasteiger partial charge in [0, 0.05) is 0 Å². The molecule has 0 radical (unpaired) electrons. The van der Waals surface area contributed by atoms with Crippen LogP contribution in [0.3, 0.4) is 0 Å². The van der Waals surface area contributed by atoms with Gasteiger partial charge in [0.1, 0.15) is 12.8 Å². The number of aliphatic imine (C=N–C) groups is 1. The molecular weight excluding hydrogens is 192 g/mol. The fourth-order valence-corrected chi connectivity index (χ4v) is 1.48. The van der Waals surface area contributed by atoms with Gasteiger partial charge in [0.15, 0.2) is 0 Å². The molecule has 4 heteroatoms. The van der Waals surface area contributed by atoms with Gasteiger partial charge >= 0.3 is 0 Å². The molecule has 0 saturated carbocycles. The average Bonchev–Trinajstić information content (AvgIpc) is 2.20. The van der Waals surface area contributed by atoms with Gasteiger partial charge in [-0.2, -0.15) is 0 Å². The number of nitrogens with zero attached hydrogens (tertiary/aromatic N) is 2. The maximum absolute atomic E-state index is 11.6. The smallest absolute Gasteiger partial charge is 0.256 e. The maximum atomic E-state index is 11.6. The van der Waals surface area contributed by atoms with Crippen molar-refractivity contribution in [2.75, 3.05) is 4.90 Å². The predicted molar refractivity (Wildman–Crippen MR) is 56.8 cm³/mol. The van der Waals surface area contributed by atoms with Crippen molar-refractivity contribution in [2.45, 2.75) is 13.3 Å². The molecule has 0 bridgehead atoms. The van der Waals surface area contributed by atoms with Crippen LogP contribution in [0.1, 0.15) is 12.0 Å². The molecule has 1 aliphatic rings. The standard InChI is InChI=1S/C11H10N2O2/c1-8-4-2-3-5-9(8)13-7-12-10(14)6-11(13)15/h2-5,7H,6H2,1H3. The van der Waals surface area contributed by atoms with Crippen molar-refractivity contribution in [1.29, 1.82) is 0 Å². The lowest BCUT2D eigenvalue weighted by molar-refractivity contribution is -0.126. The first-order chi connectivity index (χ1) is 7.18. The normalized spacial score (nSPS) is 15.9. The summed E-state index contributed by atoms with van der Waals surface area (Å²) in [6.07, 6.45) is 1.14. The lowest BCUT2D eigenvalue weighted by Crippen LogP contribution is -2.35. The second kappa shape index (κ2) is 3.65. The summed E-state index contributed by atoms with van der Waals surface area (Å²) in [7, 11) is 0. The van der Waals surface area contributed by atoms with Crippen LogP contribution in [0.25, 0.3) is 0 Å². The van der Waals surface area contributed by atoms with Crippen molar-refractivity contribution in [3.8, 4) is 0 Å². The molecule has 0 saturated heterocycles. The number of anilines is 1. The van der Waals surface area contributed by atoms with E-state index in [0.29, 0.717) is 0 Å². The third-order valence-electron chi connectivity index (χ3n) is 2.26. The lowest BCUT2D eigenvalue weighted by Gasteiger charge is -2.21. The first-order valence-electron chi connectivity index (χ1n) is 4.63. The van der Waals surface area contributed by atoms with Gasteiger partial charge in [-0.25, -0.2) is 4.99 Å². The van der Waals surface area contributed by atoms with E-state index in [1.165, 1.54) is 11.2 Å². The lowest BCUT2D eigenvalue weighted by atomic mass is 10.1. The Labute approximate surface area is 87.2 Å². The highest BCUT2D eigenvalue weighted by Gasteiger charge is 2.22. The van der Waals surface area contributed by atoms with E-state index in [9.17, 15) is 9.59 Å². The molecule has 1 heterocycles. The van der Waals surface area contributed by atoms with Gasteiger partial charge in [-0.15, -0.1) is 0 Å². The van der Waals surface area contributed by atoms with Crippen molar-refractivity contribution in [3.63, 3.8) is 0 Å². The van der Waals surface area contributed by atoms with Crippen LogP contribution in [-0.4, -0.2) is 18.2 Å². The third-order valence-corrected chi connectivity index (χ3v) is 2.26. The fourth-order valence-electron chi connectivity index (χ4n) is 1.48. The first kappa shape index (κ1) is 9.58. The second-order valence-electron chi connectivity index (χ2n) is 3.37. The zero-order valence-electron chi connectivity index (χ0n) is 8.30. The summed E-state index contributed by atoms with van der Waals surface area (Å²) in [4.78, 5) is 27.5. The van der Waals surface area contributed by atoms with Gasteiger partial charge in [0.2, 0.25) is 5.91 Å². The van der Waals surface area contributed by atoms with Gasteiger partial charge in [-0.1, -0.05) is 18.2 Å². The summed E-state index contributed by atoms with van der Waals surface area (Å²) in [5.41, 5.74) is 1.75. The van der Waals surface area contributed by atoms with Gasteiger partial charge in [0.25, 0.3) is 5.91 Å². The van der Waals surface area contributed by atoms with Crippen LogP contribution in [0.5, 0.6) is 0 Å². The Hall–Kier alpha value is -1.97. The minimum Gasteiger partial charge on any atom is -0.273 e. The third kappa shape index (κ3) is 1.79. The molecule has 2 amide bonds. The molecule has 1 aromatic carbocycles. The van der Waals surface area contributed by atoms with Crippen LogP contribution < -0.4 is 4.90 Å². The monoisotopic (exact) mass is 202 g/mol. The summed E-state index contributed by atoms with van der Waals surface area (Å²) in [5.74, 6) is -0.617. The molecule has 0 atom stereocenters. The molecular formula is C11H10N2O2. The van der Waals surface area contributed by atoms with Gasteiger partial charge in [-0.3, -0.25) is 14.5 Å². The molecule has 0 aliphatic carbocycles. The van der Waals surface area contributed by atoms with Crippen molar-refractivity contribution in [1.82, 2.24) is 0 Å². The van der Waals surface area contributed by atoms with Crippen LogP contribution in [0, 0.1) is 6.92 Å². The van der Waals surface area contributed by atoms with Gasteiger partial charge < -0.3 is 0 Å². The zero-order chi connectivity index (χ0) is 10.8. The molecule has 1 aromatic rings. The van der Waals surface area contributed by atoms with Crippen LogP contribution in [0.4, 0.5) is 5.69 Å². The molecule has 2 rings (SSSR count). The number of aryl methyl sites for hydroxylation is 1. The number of amides is 2. The predicted octanol–water partition coefficient (Wildman–Crippen LogP) is 1.29. The largest absolute Gasteiger partial charge is 0.273 e. The molecule has 4 nitrogen and oxygen atoms in total. The Morgan fingerprint density at radius 3 is 2.67 bits per heavy atom. The number of para-hydroxylation sites is 1. The van der Waals surface area contributed by atoms with Crippen molar-refractivity contribution in [2.24, 2.45) is 4.99 Å². The van der Waals surface area contributed by atoms with E-state index in [-0.39, 0.29) is 18.2 Å². The van der Waals surface area contributed by atoms with Gasteiger partial charge in [-0.05, 0) is 18.6 Å². The van der Waals surface area contributed by atoms with Crippen LogP contribution in [0.15, 0.2) is 29.3 Å². The number of carbonyl (C=O) groups excluding carboxylic acids is 2. The van der Waals surface area contributed by atoms with E-state index in [4.69, 9.17) is 0 Å². The summed E-state index contributed by atoms with van der Waals surface area (Å²) in [6, 6.07) is 7.48. The van der Waals surface area contributed by atoms with Gasteiger partial charge in [0.05, 0.1) is 5.69 Å². The van der Waals surface area contributed by atoms with E-state index < -0.39 is 0 Å². The summed E-state index contributed by atoms with van der Waals surface area (Å²) in [6.45, 7) is 1.91. The molecule has 0 spiro atoms. The van der Waals surface area contributed by atoms with Crippen LogP contribution in [-0.2, 0) is 9.59 Å². The minimum atomic E-state index is -0.384. The summed E-state index contributed by atoms with van der Waals surface area (Å²) >= 11 is 0. The highest BCUT2D eigenvalue weighted by atomic mass is 16.2. The van der Waals surface area contributed by atoms with Crippen molar-refractivity contribution < 1.29 is 9.59 Å². The Kier molecular flexibility index (Phi) is 2.33. The Morgan fingerprint density at radius 1 is 1.27 bits per heavy atom. The first-order valence-corrected chi connectivity index (χ1v) is 4.63. The van der Waals surface area contributed by atoms with Crippen molar-refractivity contribution >= 4 is 23.8 Å². The van der Waals surface area contributed by atoms with E-state index in [2.05, 4.69) is 4.99 Å². The van der Waals surface area contributed by atoms with E-state index in [1.807, 2.05) is 31.2 Å². The minimum absolute atomic E-state index is 0.148. The maximum Gasteiger partial charge on any atom is 0.256 e. The van der Waals surface area contributed by atoms with Crippen LogP contribution in [0.2, 0.25) is 0 Å². The SMILES string of the molecule is Cc1ccccc1N1C=NC(=O)CC1=O. The molecule has 0 unspecified atom stereocenters. The highest BCUT2D eigenvalue weighted by Crippen LogP contribution is 2.20. The highest BCUT2D eigenvalue weighted by molar-refractivity contribution is 6.20. The molecule has 0 fully saturated rings. The fraction of sp³-hybridized carbons (Fsp3) is 0.182. The molecule has 0 N–H and O–H groups in total.